The van der Waals surface area contributed by atoms with E-state index in [0.717, 1.165) is 0 Å². The smallest absolute Gasteiger partial charge is 0.308 e. The standard InChI is InChI=1S/C19H24FNO4S/c1-4-25-10-6-9-21(11-12(2)19(23)24)18(22)17-13(3)16-14(20)7-5-8-15(16)26-17/h5,7-8,12H,4,6,9-11H2,1-3H3,(H,23,24). The van der Waals surface area contributed by atoms with E-state index in [1.165, 1.54) is 22.3 Å². The average molecular weight is 381 g/mol. The summed E-state index contributed by atoms with van der Waals surface area (Å²) in [6.07, 6.45) is 0.615. The minimum absolute atomic E-state index is 0.108. The monoisotopic (exact) mass is 381 g/mol. The van der Waals surface area contributed by atoms with Gasteiger partial charge in [0.25, 0.3) is 5.91 Å². The predicted molar refractivity (Wildman–Crippen MR) is 100 cm³/mol. The third-order valence-electron chi connectivity index (χ3n) is 4.22. The molecule has 1 unspecified atom stereocenters. The Hall–Kier alpha value is -1.99. The van der Waals surface area contributed by atoms with Gasteiger partial charge < -0.3 is 14.7 Å². The summed E-state index contributed by atoms with van der Waals surface area (Å²) in [5.41, 5.74) is 0.603. The number of nitrogens with zero attached hydrogens (tertiary/aromatic N) is 1. The van der Waals surface area contributed by atoms with Crippen molar-refractivity contribution in [2.75, 3.05) is 26.3 Å². The van der Waals surface area contributed by atoms with E-state index in [0.29, 0.717) is 46.7 Å². The number of hydrogen-bond acceptors (Lipinski definition) is 4. The molecular formula is C19H24FNO4S. The first-order valence-electron chi connectivity index (χ1n) is 8.64. The molecule has 7 heteroatoms. The van der Waals surface area contributed by atoms with Crippen LogP contribution >= 0.6 is 11.3 Å². The lowest BCUT2D eigenvalue weighted by molar-refractivity contribution is -0.141. The third-order valence-corrected chi connectivity index (χ3v) is 5.47. The SMILES string of the molecule is CCOCCCN(CC(C)C(=O)O)C(=O)c1sc2cccc(F)c2c1C. The van der Waals surface area contributed by atoms with E-state index in [4.69, 9.17) is 4.74 Å². The zero-order valence-corrected chi connectivity index (χ0v) is 16.1. The molecule has 0 aliphatic rings. The van der Waals surface area contributed by atoms with Gasteiger partial charge in [0.2, 0.25) is 0 Å². The molecule has 2 aromatic rings. The predicted octanol–water partition coefficient (Wildman–Crippen LogP) is 3.94. The van der Waals surface area contributed by atoms with Gasteiger partial charge in [-0.15, -0.1) is 11.3 Å². The first kappa shape index (κ1) is 20.3. The second-order valence-electron chi connectivity index (χ2n) is 6.21. The molecule has 1 amide bonds. The van der Waals surface area contributed by atoms with Gasteiger partial charge in [-0.25, -0.2) is 4.39 Å². The van der Waals surface area contributed by atoms with E-state index >= 15 is 0 Å². The van der Waals surface area contributed by atoms with Crippen molar-refractivity contribution in [1.29, 1.82) is 0 Å². The highest BCUT2D eigenvalue weighted by Gasteiger charge is 2.25. The van der Waals surface area contributed by atoms with E-state index in [-0.39, 0.29) is 18.3 Å². The van der Waals surface area contributed by atoms with Crippen LogP contribution in [0.5, 0.6) is 0 Å². The second kappa shape index (κ2) is 9.09. The van der Waals surface area contributed by atoms with Crippen molar-refractivity contribution in [2.45, 2.75) is 27.2 Å². The number of aliphatic carboxylic acids is 1. The Morgan fingerprint density at radius 3 is 2.73 bits per heavy atom. The van der Waals surface area contributed by atoms with Crippen molar-refractivity contribution in [3.05, 3.63) is 34.5 Å². The van der Waals surface area contributed by atoms with Crippen molar-refractivity contribution in [2.24, 2.45) is 5.92 Å². The average Bonchev–Trinajstić information content (AvgIpc) is 2.94. The topological polar surface area (TPSA) is 66.8 Å². The van der Waals surface area contributed by atoms with Crippen LogP contribution in [0.3, 0.4) is 0 Å². The zero-order chi connectivity index (χ0) is 19.3. The van der Waals surface area contributed by atoms with E-state index < -0.39 is 11.9 Å². The molecule has 5 nitrogen and oxygen atoms in total. The Morgan fingerprint density at radius 1 is 1.38 bits per heavy atom. The number of rotatable bonds is 9. The summed E-state index contributed by atoms with van der Waals surface area (Å²) >= 11 is 1.24. The van der Waals surface area contributed by atoms with Crippen LogP contribution in [-0.2, 0) is 9.53 Å². The lowest BCUT2D eigenvalue weighted by Gasteiger charge is -2.24. The second-order valence-corrected chi connectivity index (χ2v) is 7.26. The molecule has 0 bridgehead atoms. The number of carboxylic acids is 1. The Balaban J connectivity index is 2.28. The third kappa shape index (κ3) is 4.59. The number of thiophene rings is 1. The fourth-order valence-electron chi connectivity index (χ4n) is 2.79. The van der Waals surface area contributed by atoms with Crippen molar-refractivity contribution in [1.82, 2.24) is 4.90 Å². The number of carbonyl (C=O) groups excluding carboxylic acids is 1. The summed E-state index contributed by atoms with van der Waals surface area (Å²) in [6.45, 7) is 6.79. The highest BCUT2D eigenvalue weighted by Crippen LogP contribution is 2.33. The Labute approximate surface area is 156 Å². The molecule has 1 heterocycles. The van der Waals surface area contributed by atoms with Crippen LogP contribution in [0.1, 0.15) is 35.5 Å². The minimum atomic E-state index is -0.952. The van der Waals surface area contributed by atoms with Crippen LogP contribution in [0, 0.1) is 18.7 Å². The van der Waals surface area contributed by atoms with Gasteiger partial charge in [-0.3, -0.25) is 9.59 Å². The van der Waals surface area contributed by atoms with Gasteiger partial charge in [-0.05, 0) is 38.0 Å². The molecule has 1 atom stereocenters. The number of carboxylic acid groups (broad SMARTS) is 1. The first-order chi connectivity index (χ1) is 12.4. The lowest BCUT2D eigenvalue weighted by Crippen LogP contribution is -2.38. The number of ether oxygens (including phenoxy) is 1. The van der Waals surface area contributed by atoms with Gasteiger partial charge in [0, 0.05) is 36.4 Å². The summed E-state index contributed by atoms with van der Waals surface area (Å²) in [5, 5.41) is 9.65. The van der Waals surface area contributed by atoms with Gasteiger partial charge in [0.15, 0.2) is 0 Å². The molecule has 0 saturated heterocycles. The van der Waals surface area contributed by atoms with Gasteiger partial charge in [0.05, 0.1) is 10.8 Å². The number of aryl methyl sites for hydroxylation is 1. The van der Waals surface area contributed by atoms with E-state index in [9.17, 15) is 19.1 Å². The molecule has 0 saturated carbocycles. The van der Waals surface area contributed by atoms with E-state index in [2.05, 4.69) is 0 Å². The van der Waals surface area contributed by atoms with Crippen LogP contribution in [-0.4, -0.2) is 48.2 Å². The van der Waals surface area contributed by atoms with Crippen molar-refractivity contribution >= 4 is 33.3 Å². The molecule has 1 aromatic heterocycles. The number of hydrogen-bond donors (Lipinski definition) is 1. The van der Waals surface area contributed by atoms with Crippen molar-refractivity contribution in [3.63, 3.8) is 0 Å². The van der Waals surface area contributed by atoms with Gasteiger partial charge in [0.1, 0.15) is 5.82 Å². The first-order valence-corrected chi connectivity index (χ1v) is 9.45. The van der Waals surface area contributed by atoms with Crippen LogP contribution in [0.2, 0.25) is 0 Å². The highest BCUT2D eigenvalue weighted by molar-refractivity contribution is 7.21. The molecule has 2 rings (SSSR count). The molecule has 0 spiro atoms. The number of carbonyl (C=O) groups is 2. The zero-order valence-electron chi connectivity index (χ0n) is 15.3. The number of amides is 1. The maximum Gasteiger partial charge on any atom is 0.308 e. The van der Waals surface area contributed by atoms with Crippen LogP contribution in [0.25, 0.3) is 10.1 Å². The largest absolute Gasteiger partial charge is 0.481 e. The molecule has 1 N–H and O–H groups in total. The number of fused-ring (bicyclic) bond motifs is 1. The molecule has 1 aromatic carbocycles. The summed E-state index contributed by atoms with van der Waals surface area (Å²) in [6, 6.07) is 4.78. The molecule has 0 aliphatic heterocycles. The van der Waals surface area contributed by atoms with Gasteiger partial charge >= 0.3 is 5.97 Å². The van der Waals surface area contributed by atoms with Crippen LogP contribution < -0.4 is 0 Å². The molecule has 0 aliphatic carbocycles. The quantitative estimate of drug-likeness (QED) is 0.668. The number of halogens is 1. The minimum Gasteiger partial charge on any atom is -0.481 e. The highest BCUT2D eigenvalue weighted by atomic mass is 32.1. The molecule has 142 valence electrons. The van der Waals surface area contributed by atoms with E-state index in [1.807, 2.05) is 6.92 Å². The lowest BCUT2D eigenvalue weighted by atomic mass is 10.1. The molecular weight excluding hydrogens is 357 g/mol. The summed E-state index contributed by atoms with van der Waals surface area (Å²) in [5.74, 6) is -2.24. The van der Waals surface area contributed by atoms with Crippen LogP contribution in [0.15, 0.2) is 18.2 Å². The Kier molecular flexibility index (Phi) is 7.11. The Bertz CT molecular complexity index is 789. The maximum absolute atomic E-state index is 14.1. The van der Waals surface area contributed by atoms with Crippen molar-refractivity contribution in [3.8, 4) is 0 Å². The van der Waals surface area contributed by atoms with Gasteiger partial charge in [-0.1, -0.05) is 13.0 Å². The fourth-order valence-corrected chi connectivity index (χ4v) is 3.98. The van der Waals surface area contributed by atoms with Crippen LogP contribution in [0.4, 0.5) is 4.39 Å². The van der Waals surface area contributed by atoms with Crippen molar-refractivity contribution < 1.29 is 23.8 Å². The maximum atomic E-state index is 14.1. The number of benzene rings is 1. The van der Waals surface area contributed by atoms with Gasteiger partial charge in [-0.2, -0.15) is 0 Å². The fraction of sp³-hybridized carbons (Fsp3) is 0.474. The summed E-state index contributed by atoms with van der Waals surface area (Å²) in [7, 11) is 0. The molecule has 0 fully saturated rings. The summed E-state index contributed by atoms with van der Waals surface area (Å²) in [4.78, 5) is 26.3. The normalized spacial score (nSPS) is 12.3. The Morgan fingerprint density at radius 2 is 2.12 bits per heavy atom. The molecule has 26 heavy (non-hydrogen) atoms. The summed E-state index contributed by atoms with van der Waals surface area (Å²) < 4.78 is 20.1. The molecule has 0 radical (unpaired) electrons. The van der Waals surface area contributed by atoms with E-state index in [1.54, 1.807) is 26.0 Å².